The Morgan fingerprint density at radius 1 is 1.36 bits per heavy atom. The van der Waals surface area contributed by atoms with E-state index in [1.165, 1.54) is 25.3 Å². The first kappa shape index (κ1) is 7.84. The molecule has 0 aromatic carbocycles. The highest BCUT2D eigenvalue weighted by molar-refractivity contribution is 6.08. The normalized spacial score (nSPS) is 46.6. The molecule has 1 heteroatoms. The first-order chi connectivity index (χ1) is 5.16. The summed E-state index contributed by atoms with van der Waals surface area (Å²) in [6, 6.07) is 1.23. The van der Waals surface area contributed by atoms with Gasteiger partial charge in [-0.25, -0.2) is 0 Å². The van der Waals surface area contributed by atoms with Crippen molar-refractivity contribution < 1.29 is 0 Å². The molecule has 0 aromatic heterocycles. The lowest BCUT2D eigenvalue weighted by Crippen LogP contribution is -2.19. The van der Waals surface area contributed by atoms with Crippen molar-refractivity contribution in [3.05, 3.63) is 0 Å². The minimum Gasteiger partial charge on any atom is -0.0606 e. The highest BCUT2D eigenvalue weighted by Crippen LogP contribution is 2.60. The predicted octanol–water partition coefficient (Wildman–Crippen LogP) is 2.65. The molecule has 2 aliphatic rings. The number of hydrogen-bond donors (Lipinski definition) is 0. The van der Waals surface area contributed by atoms with Crippen molar-refractivity contribution in [2.75, 3.05) is 0 Å². The van der Waals surface area contributed by atoms with Gasteiger partial charge in [0, 0.05) is 10.2 Å². The monoisotopic (exact) mass is 165 g/mol. The highest BCUT2D eigenvalue weighted by atomic mass is 28.1. The van der Waals surface area contributed by atoms with Crippen LogP contribution in [-0.4, -0.2) is 10.2 Å². The molecule has 0 spiro atoms. The van der Waals surface area contributed by atoms with Crippen LogP contribution in [0.25, 0.3) is 0 Å². The Morgan fingerprint density at radius 2 is 2.09 bits per heavy atom. The van der Waals surface area contributed by atoms with E-state index in [1.807, 2.05) is 0 Å². The Kier molecular flexibility index (Phi) is 1.68. The van der Waals surface area contributed by atoms with Crippen LogP contribution in [0.5, 0.6) is 0 Å². The Balaban J connectivity index is 2.19. The maximum atomic E-state index is 3.68. The third-order valence-electron chi connectivity index (χ3n) is 4.25. The molecule has 0 saturated heterocycles. The van der Waals surface area contributed by atoms with Crippen LogP contribution in [-0.2, 0) is 0 Å². The van der Waals surface area contributed by atoms with Crippen LogP contribution < -0.4 is 0 Å². The minimum absolute atomic E-state index is 0.664. The van der Waals surface area contributed by atoms with E-state index >= 15 is 0 Å². The zero-order chi connectivity index (χ0) is 8.06. The van der Waals surface area contributed by atoms with Gasteiger partial charge in [0.2, 0.25) is 0 Å². The molecular weight excluding hydrogens is 148 g/mol. The largest absolute Gasteiger partial charge is 0.0606 e. The Morgan fingerprint density at radius 3 is 2.36 bits per heavy atom. The van der Waals surface area contributed by atoms with Crippen molar-refractivity contribution in [3.63, 3.8) is 0 Å². The molecule has 0 amide bonds. The fourth-order valence-electron chi connectivity index (χ4n) is 3.45. The molecular formula is C10H17Si. The summed E-state index contributed by atoms with van der Waals surface area (Å²) in [6.45, 7) is 4.94. The second-order valence-corrected chi connectivity index (χ2v) is 5.31. The van der Waals surface area contributed by atoms with Gasteiger partial charge in [0.25, 0.3) is 0 Å². The van der Waals surface area contributed by atoms with Crippen LogP contribution in [0.1, 0.15) is 33.1 Å². The molecule has 61 valence electrons. The average molecular weight is 165 g/mol. The standard InChI is InChI=1S/C10H17Si/c1-10(2)8-3-4-9(10)7(5-8)6-11/h7-9H,3-6H2,1-2H3. The first-order valence-electron chi connectivity index (χ1n) is 4.81. The number of hydrogen-bond acceptors (Lipinski definition) is 0. The molecule has 2 bridgehead atoms. The number of rotatable bonds is 1. The van der Waals surface area contributed by atoms with E-state index < -0.39 is 0 Å². The SMILES string of the molecule is CC1(C)C2CCC1C(C[Si])C2. The molecule has 2 fully saturated rings. The van der Waals surface area contributed by atoms with Crippen LogP contribution in [0, 0.1) is 23.2 Å². The van der Waals surface area contributed by atoms with Gasteiger partial charge in [-0.3, -0.25) is 0 Å². The predicted molar refractivity (Wildman–Crippen MR) is 48.7 cm³/mol. The van der Waals surface area contributed by atoms with E-state index in [1.54, 1.807) is 0 Å². The van der Waals surface area contributed by atoms with Gasteiger partial charge in [0.1, 0.15) is 0 Å². The fraction of sp³-hybridized carbons (Fsp3) is 1.00. The zero-order valence-electron chi connectivity index (χ0n) is 7.56. The third-order valence-corrected chi connectivity index (χ3v) is 4.78. The molecule has 3 atom stereocenters. The third kappa shape index (κ3) is 0.931. The van der Waals surface area contributed by atoms with E-state index in [0.29, 0.717) is 5.41 Å². The summed E-state index contributed by atoms with van der Waals surface area (Å²) in [7, 11) is 3.68. The summed E-state index contributed by atoms with van der Waals surface area (Å²) < 4.78 is 0. The van der Waals surface area contributed by atoms with Crippen LogP contribution in [0.3, 0.4) is 0 Å². The van der Waals surface area contributed by atoms with Crippen molar-refractivity contribution in [2.24, 2.45) is 23.2 Å². The maximum Gasteiger partial charge on any atom is 0.0225 e. The van der Waals surface area contributed by atoms with Gasteiger partial charge < -0.3 is 0 Å². The van der Waals surface area contributed by atoms with Crippen molar-refractivity contribution in [3.8, 4) is 0 Å². The lowest BCUT2D eigenvalue weighted by molar-refractivity contribution is 0.241. The van der Waals surface area contributed by atoms with Gasteiger partial charge in [-0.15, -0.1) is 0 Å². The smallest absolute Gasteiger partial charge is 0.0225 e. The van der Waals surface area contributed by atoms with Gasteiger partial charge in [-0.2, -0.15) is 0 Å². The van der Waals surface area contributed by atoms with Gasteiger partial charge in [-0.1, -0.05) is 19.9 Å². The molecule has 2 rings (SSSR count). The second kappa shape index (κ2) is 2.35. The first-order valence-corrected chi connectivity index (χ1v) is 5.51. The lowest BCUT2D eigenvalue weighted by Gasteiger charge is -2.26. The number of fused-ring (bicyclic) bond motifs is 2. The fourth-order valence-corrected chi connectivity index (χ4v) is 3.90. The van der Waals surface area contributed by atoms with E-state index in [0.717, 1.165) is 17.8 Å². The Labute approximate surface area is 73.2 Å². The van der Waals surface area contributed by atoms with Crippen molar-refractivity contribution in [1.82, 2.24) is 0 Å². The van der Waals surface area contributed by atoms with Crippen molar-refractivity contribution in [2.45, 2.75) is 39.2 Å². The summed E-state index contributed by atoms with van der Waals surface area (Å²) in [5.74, 6) is 3.04. The van der Waals surface area contributed by atoms with E-state index in [2.05, 4.69) is 24.1 Å². The van der Waals surface area contributed by atoms with Crippen molar-refractivity contribution in [1.29, 1.82) is 0 Å². The molecule has 2 aliphatic carbocycles. The molecule has 0 N–H and O–H groups in total. The van der Waals surface area contributed by atoms with Gasteiger partial charge in [0.15, 0.2) is 0 Å². The molecule has 2 saturated carbocycles. The summed E-state index contributed by atoms with van der Waals surface area (Å²) in [6.07, 6.45) is 4.48. The lowest BCUT2D eigenvalue weighted by atomic mass is 9.80. The summed E-state index contributed by atoms with van der Waals surface area (Å²) in [4.78, 5) is 0. The zero-order valence-corrected chi connectivity index (χ0v) is 8.56. The van der Waals surface area contributed by atoms with Crippen LogP contribution >= 0.6 is 0 Å². The molecule has 3 unspecified atom stereocenters. The summed E-state index contributed by atoms with van der Waals surface area (Å²) in [5, 5.41) is 0. The summed E-state index contributed by atoms with van der Waals surface area (Å²) in [5.41, 5.74) is 0.664. The van der Waals surface area contributed by atoms with Crippen LogP contribution in [0.15, 0.2) is 0 Å². The van der Waals surface area contributed by atoms with E-state index in [4.69, 9.17) is 0 Å². The molecule has 0 heterocycles. The second-order valence-electron chi connectivity index (χ2n) is 4.90. The molecule has 0 nitrogen and oxygen atoms in total. The molecule has 0 aromatic rings. The van der Waals surface area contributed by atoms with Gasteiger partial charge in [-0.05, 0) is 42.4 Å². The van der Waals surface area contributed by atoms with Gasteiger partial charge in [0.05, 0.1) is 0 Å². The topological polar surface area (TPSA) is 0 Å². The van der Waals surface area contributed by atoms with Crippen LogP contribution in [0.4, 0.5) is 0 Å². The van der Waals surface area contributed by atoms with E-state index in [-0.39, 0.29) is 0 Å². The maximum absolute atomic E-state index is 3.68. The molecule has 11 heavy (non-hydrogen) atoms. The Hall–Kier alpha value is 0.217. The average Bonchev–Trinajstić information content (AvgIpc) is 2.40. The highest BCUT2D eigenvalue weighted by Gasteiger charge is 2.52. The van der Waals surface area contributed by atoms with Gasteiger partial charge >= 0.3 is 0 Å². The van der Waals surface area contributed by atoms with Crippen LogP contribution in [0.2, 0.25) is 6.04 Å². The molecule has 3 radical (unpaired) electrons. The van der Waals surface area contributed by atoms with Crippen molar-refractivity contribution >= 4 is 10.2 Å². The Bertz CT molecular complexity index is 162. The molecule has 0 aliphatic heterocycles. The summed E-state index contributed by atoms with van der Waals surface area (Å²) >= 11 is 0. The van der Waals surface area contributed by atoms with E-state index in [9.17, 15) is 0 Å². The quantitative estimate of drug-likeness (QED) is 0.524. The minimum atomic E-state index is 0.664.